The number of nitrogens with two attached hydrogens (primary N) is 1. The van der Waals surface area contributed by atoms with E-state index < -0.39 is 6.03 Å². The summed E-state index contributed by atoms with van der Waals surface area (Å²) in [6.07, 6.45) is 5.62. The third-order valence-electron chi connectivity index (χ3n) is 3.55. The largest absolute Gasteiger partial charge is 0.351 e. The number of rotatable bonds is 3. The molecule has 0 bridgehead atoms. The van der Waals surface area contributed by atoms with E-state index in [2.05, 4.69) is 0 Å². The average molecular weight is 260 g/mol. The number of pyridine rings is 1. The molecular formula is C13H16N4O2. The summed E-state index contributed by atoms with van der Waals surface area (Å²) in [5.74, 6) is -0.0556. The zero-order valence-electron chi connectivity index (χ0n) is 10.5. The minimum absolute atomic E-state index is 0.0200. The van der Waals surface area contributed by atoms with Gasteiger partial charge in [-0.05, 0) is 37.8 Å². The topological polar surface area (TPSA) is 92.2 Å². The predicted octanol–water partition coefficient (Wildman–Crippen LogP) is 0.661. The summed E-state index contributed by atoms with van der Waals surface area (Å²) in [4.78, 5) is 25.6. The Labute approximate surface area is 110 Å². The van der Waals surface area contributed by atoms with Crippen LogP contribution in [0.15, 0.2) is 18.3 Å². The van der Waals surface area contributed by atoms with Crippen LogP contribution in [0, 0.1) is 5.41 Å². The van der Waals surface area contributed by atoms with Crippen molar-refractivity contribution >= 4 is 11.9 Å². The Morgan fingerprint density at radius 3 is 2.26 bits per heavy atom. The molecule has 2 amide bonds. The van der Waals surface area contributed by atoms with Crippen molar-refractivity contribution in [3.05, 3.63) is 29.4 Å². The van der Waals surface area contributed by atoms with Crippen molar-refractivity contribution < 1.29 is 9.59 Å². The van der Waals surface area contributed by atoms with Gasteiger partial charge in [0.05, 0.1) is 5.56 Å². The van der Waals surface area contributed by atoms with Gasteiger partial charge in [-0.1, -0.05) is 0 Å². The molecule has 0 unspecified atom stereocenters. The third kappa shape index (κ3) is 2.25. The second kappa shape index (κ2) is 4.22. The molecule has 1 aromatic heterocycles. The van der Waals surface area contributed by atoms with E-state index in [9.17, 15) is 9.59 Å². The molecule has 0 atom stereocenters. The van der Waals surface area contributed by atoms with Gasteiger partial charge in [0.1, 0.15) is 5.49 Å². The number of nitrogens with one attached hydrogen (secondary N) is 1. The van der Waals surface area contributed by atoms with E-state index in [-0.39, 0.29) is 11.4 Å². The van der Waals surface area contributed by atoms with Gasteiger partial charge in [0.15, 0.2) is 0 Å². The van der Waals surface area contributed by atoms with E-state index in [1.165, 1.54) is 12.3 Å². The van der Waals surface area contributed by atoms with Crippen LogP contribution in [0.2, 0.25) is 0 Å². The molecule has 3 N–H and O–H groups in total. The number of primary amides is 1. The SMILES string of the molecule is N=c1ccc(C(=O)N(C2CC2)C2CC2)cn1C(N)=O. The van der Waals surface area contributed by atoms with Crippen LogP contribution < -0.4 is 11.2 Å². The zero-order chi connectivity index (χ0) is 13.6. The van der Waals surface area contributed by atoms with Crippen molar-refractivity contribution in [3.8, 4) is 0 Å². The number of carbonyl (C=O) groups excluding carboxylic acids is 2. The van der Waals surface area contributed by atoms with Crippen LogP contribution in [0.3, 0.4) is 0 Å². The summed E-state index contributed by atoms with van der Waals surface area (Å²) in [6, 6.07) is 2.98. The molecule has 2 fully saturated rings. The van der Waals surface area contributed by atoms with Crippen LogP contribution >= 0.6 is 0 Å². The first-order valence-corrected chi connectivity index (χ1v) is 6.47. The fourth-order valence-electron chi connectivity index (χ4n) is 2.29. The Balaban J connectivity index is 1.92. The van der Waals surface area contributed by atoms with Crippen molar-refractivity contribution in [1.29, 1.82) is 5.41 Å². The molecule has 0 saturated heterocycles. The minimum Gasteiger partial charge on any atom is -0.351 e. The Morgan fingerprint density at radius 1 is 1.21 bits per heavy atom. The molecule has 6 nitrogen and oxygen atoms in total. The normalized spacial score (nSPS) is 18.1. The first kappa shape index (κ1) is 12.0. The van der Waals surface area contributed by atoms with Crippen LogP contribution in [-0.4, -0.2) is 33.5 Å². The van der Waals surface area contributed by atoms with Crippen LogP contribution in [0.1, 0.15) is 36.0 Å². The number of aromatic nitrogens is 1. The Morgan fingerprint density at radius 2 is 1.79 bits per heavy atom. The molecule has 2 aliphatic carbocycles. The van der Waals surface area contributed by atoms with Gasteiger partial charge in [-0.15, -0.1) is 0 Å². The maximum atomic E-state index is 12.5. The van der Waals surface area contributed by atoms with E-state index in [1.807, 2.05) is 4.90 Å². The van der Waals surface area contributed by atoms with Gasteiger partial charge in [-0.2, -0.15) is 0 Å². The summed E-state index contributed by atoms with van der Waals surface area (Å²) in [6.45, 7) is 0. The highest BCUT2D eigenvalue weighted by Crippen LogP contribution is 2.38. The molecule has 0 radical (unpaired) electrons. The number of hydrogen-bond donors (Lipinski definition) is 2. The highest BCUT2D eigenvalue weighted by Gasteiger charge is 2.42. The van der Waals surface area contributed by atoms with E-state index in [0.29, 0.717) is 17.6 Å². The second-order valence-corrected chi connectivity index (χ2v) is 5.19. The molecule has 1 heterocycles. The van der Waals surface area contributed by atoms with E-state index in [0.717, 1.165) is 30.3 Å². The molecule has 100 valence electrons. The maximum absolute atomic E-state index is 12.5. The predicted molar refractivity (Wildman–Crippen MR) is 67.5 cm³/mol. The molecule has 3 rings (SSSR count). The molecule has 2 aliphatic rings. The molecular weight excluding hydrogens is 244 g/mol. The number of hydrogen-bond acceptors (Lipinski definition) is 3. The fraction of sp³-hybridized carbons (Fsp3) is 0.462. The molecule has 1 aromatic rings. The summed E-state index contributed by atoms with van der Waals surface area (Å²) in [7, 11) is 0. The number of carbonyl (C=O) groups is 2. The minimum atomic E-state index is -0.746. The summed E-state index contributed by atoms with van der Waals surface area (Å²) < 4.78 is 0.991. The van der Waals surface area contributed by atoms with Gasteiger partial charge in [-0.25, -0.2) is 4.79 Å². The van der Waals surface area contributed by atoms with E-state index >= 15 is 0 Å². The van der Waals surface area contributed by atoms with Crippen molar-refractivity contribution in [2.75, 3.05) is 0 Å². The smallest absolute Gasteiger partial charge is 0.324 e. The van der Waals surface area contributed by atoms with Crippen LogP contribution in [0.4, 0.5) is 4.79 Å². The maximum Gasteiger partial charge on any atom is 0.324 e. The quantitative estimate of drug-likeness (QED) is 0.835. The standard InChI is InChI=1S/C13H16N4O2/c14-11-6-1-8(7-16(11)13(15)19)12(18)17(9-2-3-9)10-4-5-10/h1,6-7,9-10,14H,2-5H2,(H2,15,19). The molecule has 0 aliphatic heterocycles. The van der Waals surface area contributed by atoms with Gasteiger partial charge in [0.25, 0.3) is 5.91 Å². The van der Waals surface area contributed by atoms with E-state index in [4.69, 9.17) is 11.1 Å². The van der Waals surface area contributed by atoms with Crippen molar-refractivity contribution in [3.63, 3.8) is 0 Å². The summed E-state index contributed by atoms with van der Waals surface area (Å²) in [5, 5.41) is 7.58. The zero-order valence-corrected chi connectivity index (χ0v) is 10.5. The van der Waals surface area contributed by atoms with Crippen LogP contribution in [-0.2, 0) is 0 Å². The molecule has 0 aromatic carbocycles. The van der Waals surface area contributed by atoms with Crippen molar-refractivity contribution in [2.45, 2.75) is 37.8 Å². The second-order valence-electron chi connectivity index (χ2n) is 5.19. The fourth-order valence-corrected chi connectivity index (χ4v) is 2.29. The monoisotopic (exact) mass is 260 g/mol. The summed E-state index contributed by atoms with van der Waals surface area (Å²) in [5.41, 5.74) is 5.59. The highest BCUT2D eigenvalue weighted by molar-refractivity contribution is 5.95. The summed E-state index contributed by atoms with van der Waals surface area (Å²) >= 11 is 0. The lowest BCUT2D eigenvalue weighted by Crippen LogP contribution is -2.37. The third-order valence-corrected chi connectivity index (χ3v) is 3.55. The highest BCUT2D eigenvalue weighted by atomic mass is 16.2. The van der Waals surface area contributed by atoms with Crippen molar-refractivity contribution in [2.24, 2.45) is 5.73 Å². The van der Waals surface area contributed by atoms with E-state index in [1.54, 1.807) is 6.07 Å². The number of nitrogens with zero attached hydrogens (tertiary/aromatic N) is 2. The van der Waals surface area contributed by atoms with Gasteiger partial charge in [-0.3, -0.25) is 14.8 Å². The molecule has 6 heteroatoms. The lowest BCUT2D eigenvalue weighted by molar-refractivity contribution is 0.0729. The van der Waals surface area contributed by atoms with Gasteiger partial charge < -0.3 is 10.6 Å². The Hall–Kier alpha value is -2.11. The molecule has 0 spiro atoms. The Kier molecular flexibility index (Phi) is 2.66. The van der Waals surface area contributed by atoms with Gasteiger partial charge in [0, 0.05) is 18.3 Å². The first-order chi connectivity index (χ1) is 9.08. The molecule has 2 saturated carbocycles. The van der Waals surface area contributed by atoms with Gasteiger partial charge >= 0.3 is 6.03 Å². The lowest BCUT2D eigenvalue weighted by atomic mass is 10.2. The van der Waals surface area contributed by atoms with Crippen LogP contribution in [0.25, 0.3) is 0 Å². The number of amides is 2. The average Bonchev–Trinajstić information content (AvgIpc) is 3.23. The first-order valence-electron chi connectivity index (χ1n) is 6.47. The van der Waals surface area contributed by atoms with Gasteiger partial charge in [0.2, 0.25) is 0 Å². The van der Waals surface area contributed by atoms with Crippen LogP contribution in [0.5, 0.6) is 0 Å². The molecule has 19 heavy (non-hydrogen) atoms. The lowest BCUT2D eigenvalue weighted by Gasteiger charge is -2.22. The Bertz CT molecular complexity index is 587. The van der Waals surface area contributed by atoms with Crippen molar-refractivity contribution in [1.82, 2.24) is 9.47 Å².